The van der Waals surface area contributed by atoms with Gasteiger partial charge in [0.1, 0.15) is 11.6 Å². The van der Waals surface area contributed by atoms with Crippen molar-refractivity contribution in [3.05, 3.63) is 59.9 Å². The molecule has 0 radical (unpaired) electrons. The first-order chi connectivity index (χ1) is 11.9. The fourth-order valence-corrected chi connectivity index (χ4v) is 2.85. The van der Waals surface area contributed by atoms with Crippen molar-refractivity contribution in [2.75, 3.05) is 0 Å². The Labute approximate surface area is 143 Å². The minimum absolute atomic E-state index is 0.308. The number of tetrazole rings is 1. The molecule has 3 rings (SSSR count). The summed E-state index contributed by atoms with van der Waals surface area (Å²) in [5.74, 6) is -0.366. The van der Waals surface area contributed by atoms with Crippen molar-refractivity contribution < 1.29 is 22.3 Å². The van der Waals surface area contributed by atoms with Crippen molar-refractivity contribution in [1.29, 1.82) is 0 Å². The second-order valence-corrected chi connectivity index (χ2v) is 5.74. The van der Waals surface area contributed by atoms with Crippen molar-refractivity contribution in [2.24, 2.45) is 0 Å². The number of thioether (sulfide) groups is 1. The van der Waals surface area contributed by atoms with Crippen LogP contribution in [0.25, 0.3) is 5.69 Å². The third-order valence-corrected chi connectivity index (χ3v) is 4.04. The van der Waals surface area contributed by atoms with Crippen LogP contribution in [0.1, 0.15) is 5.56 Å². The summed E-state index contributed by atoms with van der Waals surface area (Å²) in [7, 11) is 0. The highest BCUT2D eigenvalue weighted by Gasteiger charge is 2.31. The van der Waals surface area contributed by atoms with Crippen LogP contribution in [0.4, 0.5) is 17.6 Å². The molecule has 0 spiro atoms. The van der Waals surface area contributed by atoms with Crippen molar-refractivity contribution in [3.63, 3.8) is 0 Å². The molecule has 0 unspecified atom stereocenters. The van der Waals surface area contributed by atoms with E-state index in [9.17, 15) is 17.6 Å². The lowest BCUT2D eigenvalue weighted by Crippen LogP contribution is -2.17. The number of ether oxygens (including phenoxy) is 1. The molecule has 0 aliphatic heterocycles. The molecule has 5 nitrogen and oxygen atoms in total. The maximum Gasteiger partial charge on any atom is 0.573 e. The number of alkyl halides is 3. The van der Waals surface area contributed by atoms with Gasteiger partial charge in [0.05, 0.1) is 5.69 Å². The molecule has 1 heterocycles. The van der Waals surface area contributed by atoms with E-state index < -0.39 is 6.36 Å². The number of hydrogen-bond donors (Lipinski definition) is 0. The summed E-state index contributed by atoms with van der Waals surface area (Å²) in [6, 6.07) is 11.4. The number of rotatable bonds is 5. The van der Waals surface area contributed by atoms with E-state index >= 15 is 0 Å². The van der Waals surface area contributed by atoms with Crippen molar-refractivity contribution in [3.8, 4) is 11.4 Å². The third-order valence-electron chi connectivity index (χ3n) is 3.07. The van der Waals surface area contributed by atoms with Gasteiger partial charge in [-0.3, -0.25) is 0 Å². The highest BCUT2D eigenvalue weighted by atomic mass is 32.2. The molecule has 2 aromatic carbocycles. The number of nitrogens with zero attached hydrogens (tertiary/aromatic N) is 4. The van der Waals surface area contributed by atoms with Crippen LogP contribution >= 0.6 is 11.8 Å². The number of halogens is 4. The smallest absolute Gasteiger partial charge is 0.406 e. The Bertz CT molecular complexity index is 851. The van der Waals surface area contributed by atoms with Crippen molar-refractivity contribution in [2.45, 2.75) is 17.3 Å². The van der Waals surface area contributed by atoms with Gasteiger partial charge in [0, 0.05) is 5.75 Å². The average molecular weight is 370 g/mol. The van der Waals surface area contributed by atoms with E-state index in [0.29, 0.717) is 22.2 Å². The summed E-state index contributed by atoms with van der Waals surface area (Å²) in [4.78, 5) is 0. The Morgan fingerprint density at radius 1 is 1.04 bits per heavy atom. The molecule has 0 fully saturated rings. The van der Waals surface area contributed by atoms with E-state index in [1.54, 1.807) is 18.2 Å². The van der Waals surface area contributed by atoms with Gasteiger partial charge in [0.25, 0.3) is 0 Å². The van der Waals surface area contributed by atoms with Gasteiger partial charge in [-0.1, -0.05) is 30.0 Å². The second kappa shape index (κ2) is 7.09. The molecule has 0 N–H and O–H groups in total. The van der Waals surface area contributed by atoms with Crippen molar-refractivity contribution in [1.82, 2.24) is 20.2 Å². The van der Waals surface area contributed by atoms with Gasteiger partial charge in [-0.15, -0.1) is 18.3 Å². The minimum Gasteiger partial charge on any atom is -0.406 e. The zero-order valence-electron chi connectivity index (χ0n) is 12.4. The molecule has 0 saturated heterocycles. The summed E-state index contributed by atoms with van der Waals surface area (Å²) in [6.07, 6.45) is -4.75. The fraction of sp³-hybridized carbons (Fsp3) is 0.133. The van der Waals surface area contributed by atoms with Crippen LogP contribution in [0.3, 0.4) is 0 Å². The summed E-state index contributed by atoms with van der Waals surface area (Å²) in [6.45, 7) is 0. The van der Waals surface area contributed by atoms with Crippen LogP contribution in [0, 0.1) is 5.82 Å². The second-order valence-electron chi connectivity index (χ2n) is 4.80. The monoisotopic (exact) mass is 370 g/mol. The molecule has 0 amide bonds. The molecule has 130 valence electrons. The Hall–Kier alpha value is -2.62. The molecule has 0 aliphatic rings. The topological polar surface area (TPSA) is 52.8 Å². The first-order valence-corrected chi connectivity index (χ1v) is 7.92. The van der Waals surface area contributed by atoms with Crippen LogP contribution in [-0.2, 0) is 5.75 Å². The number of aromatic nitrogens is 4. The molecule has 0 aliphatic carbocycles. The fourth-order valence-electron chi connectivity index (χ4n) is 1.98. The largest absolute Gasteiger partial charge is 0.573 e. The predicted octanol–water partition coefficient (Wildman–Crippen LogP) is 3.99. The van der Waals surface area contributed by atoms with Crippen LogP contribution < -0.4 is 4.74 Å². The van der Waals surface area contributed by atoms with E-state index in [-0.39, 0.29) is 11.6 Å². The molecule has 0 saturated carbocycles. The Morgan fingerprint density at radius 3 is 2.44 bits per heavy atom. The Balaban J connectivity index is 1.74. The first kappa shape index (κ1) is 17.2. The summed E-state index contributed by atoms with van der Waals surface area (Å²) in [5.41, 5.74) is 0.950. The number of hydrogen-bond acceptors (Lipinski definition) is 5. The van der Waals surface area contributed by atoms with Gasteiger partial charge in [-0.2, -0.15) is 4.68 Å². The van der Waals surface area contributed by atoms with E-state index in [4.69, 9.17) is 0 Å². The maximum absolute atomic E-state index is 13.6. The normalized spacial score (nSPS) is 11.5. The summed E-state index contributed by atoms with van der Waals surface area (Å²) >= 11 is 1.21. The lowest BCUT2D eigenvalue weighted by molar-refractivity contribution is -0.274. The lowest BCUT2D eigenvalue weighted by atomic mass is 10.2. The van der Waals surface area contributed by atoms with E-state index in [0.717, 1.165) is 12.1 Å². The molecule has 10 heteroatoms. The third kappa shape index (κ3) is 4.47. The van der Waals surface area contributed by atoms with Crippen LogP contribution in [-0.4, -0.2) is 26.6 Å². The van der Waals surface area contributed by atoms with Gasteiger partial charge in [0.15, 0.2) is 0 Å². The van der Waals surface area contributed by atoms with Gasteiger partial charge >= 0.3 is 6.36 Å². The van der Waals surface area contributed by atoms with Gasteiger partial charge < -0.3 is 4.74 Å². The quantitative estimate of drug-likeness (QED) is 0.502. The molecule has 3 aromatic rings. The van der Waals surface area contributed by atoms with Gasteiger partial charge in [-0.25, -0.2) is 4.39 Å². The van der Waals surface area contributed by atoms with Crippen molar-refractivity contribution >= 4 is 11.8 Å². The average Bonchev–Trinajstić information content (AvgIpc) is 3.02. The van der Waals surface area contributed by atoms with E-state index in [1.807, 2.05) is 0 Å². The predicted molar refractivity (Wildman–Crippen MR) is 81.8 cm³/mol. The van der Waals surface area contributed by atoms with Gasteiger partial charge in [-0.05, 0) is 46.3 Å². The molecule has 25 heavy (non-hydrogen) atoms. The number of benzene rings is 2. The van der Waals surface area contributed by atoms with E-state index in [1.165, 1.54) is 34.6 Å². The summed E-state index contributed by atoms with van der Waals surface area (Å²) in [5, 5.41) is 11.6. The van der Waals surface area contributed by atoms with Gasteiger partial charge in [0.2, 0.25) is 5.16 Å². The Kier molecular flexibility index (Phi) is 4.88. The van der Waals surface area contributed by atoms with Crippen LogP contribution in [0.5, 0.6) is 5.75 Å². The van der Waals surface area contributed by atoms with Crippen LogP contribution in [0.2, 0.25) is 0 Å². The molecular formula is C15H10F4N4OS. The first-order valence-electron chi connectivity index (χ1n) is 6.93. The molecule has 0 atom stereocenters. The molecule has 0 bridgehead atoms. The summed E-state index contributed by atoms with van der Waals surface area (Å²) < 4.78 is 55.3. The highest BCUT2D eigenvalue weighted by Crippen LogP contribution is 2.26. The molecular weight excluding hydrogens is 360 g/mol. The SMILES string of the molecule is Fc1ccccc1CSc1nnnn1-c1ccc(OC(F)(F)F)cc1. The van der Waals surface area contributed by atoms with Crippen LogP contribution in [0.15, 0.2) is 53.7 Å². The lowest BCUT2D eigenvalue weighted by Gasteiger charge is -2.09. The minimum atomic E-state index is -4.75. The Morgan fingerprint density at radius 2 is 1.76 bits per heavy atom. The van der Waals surface area contributed by atoms with E-state index in [2.05, 4.69) is 20.3 Å². The maximum atomic E-state index is 13.6. The highest BCUT2D eigenvalue weighted by molar-refractivity contribution is 7.98. The zero-order valence-corrected chi connectivity index (χ0v) is 13.3. The standard InChI is InChI=1S/C15H10F4N4OS/c16-13-4-2-1-3-10(13)9-25-14-20-21-22-23(14)11-5-7-12(8-6-11)24-15(17,18)19/h1-8H,9H2. The molecule has 1 aromatic heterocycles. The zero-order chi connectivity index (χ0) is 17.9.